The number of hydrogen-bond acceptors (Lipinski definition) is 2. The normalized spacial score (nSPS) is 10.7. The van der Waals surface area contributed by atoms with Gasteiger partial charge in [0.2, 0.25) is 6.20 Å². The quantitative estimate of drug-likeness (QED) is 0.545. The molecule has 112 valence electrons. The molecule has 1 heterocycles. The van der Waals surface area contributed by atoms with Gasteiger partial charge in [0.05, 0.1) is 11.8 Å². The third-order valence-electron chi connectivity index (χ3n) is 3.61. The van der Waals surface area contributed by atoms with Gasteiger partial charge in [-0.1, -0.05) is 51.2 Å². The monoisotopic (exact) mass is 286 g/mol. The topological polar surface area (TPSA) is 30.2 Å². The molecule has 0 aliphatic carbocycles. The van der Waals surface area contributed by atoms with Crippen molar-refractivity contribution in [2.45, 2.75) is 51.9 Å². The molecular formula is C18H24NO2+. The Balaban J connectivity index is 1.82. The first-order chi connectivity index (χ1) is 10.3. The van der Waals surface area contributed by atoms with Crippen LogP contribution in [0.1, 0.15) is 51.9 Å². The molecule has 21 heavy (non-hydrogen) atoms. The van der Waals surface area contributed by atoms with Crippen molar-refractivity contribution in [1.29, 1.82) is 0 Å². The number of benzene rings is 1. The smallest absolute Gasteiger partial charge is 0.245 e. The number of hydrogen-bond donors (Lipinski definition) is 0. The standard InChI is InChI=1S/C18H24NO2/c1-2-3-4-5-6-7-14-18(20)21-19-15-10-12-16-11-8-9-13-17(16)19/h8-13,15H,2-7,14H2,1H3/q+1. The lowest BCUT2D eigenvalue weighted by molar-refractivity contribution is -0.848. The highest BCUT2D eigenvalue weighted by Gasteiger charge is 2.14. The molecule has 2 rings (SSSR count). The molecule has 1 aromatic carbocycles. The number of carbonyl (C=O) groups is 1. The van der Waals surface area contributed by atoms with Crippen LogP contribution in [0.5, 0.6) is 0 Å². The number of carbonyl (C=O) groups excluding carboxylic acids is 1. The van der Waals surface area contributed by atoms with E-state index in [-0.39, 0.29) is 5.97 Å². The van der Waals surface area contributed by atoms with Gasteiger partial charge < -0.3 is 0 Å². The van der Waals surface area contributed by atoms with E-state index in [0.29, 0.717) is 6.42 Å². The second-order valence-electron chi connectivity index (χ2n) is 5.37. The summed E-state index contributed by atoms with van der Waals surface area (Å²) in [6.07, 6.45) is 9.30. The molecule has 3 nitrogen and oxygen atoms in total. The predicted octanol–water partition coefficient (Wildman–Crippen LogP) is 3.83. The van der Waals surface area contributed by atoms with Crippen LogP contribution in [-0.4, -0.2) is 5.97 Å². The van der Waals surface area contributed by atoms with E-state index in [4.69, 9.17) is 4.84 Å². The highest BCUT2D eigenvalue weighted by Crippen LogP contribution is 2.08. The van der Waals surface area contributed by atoms with Gasteiger partial charge in [-0.2, -0.15) is 4.84 Å². The number of pyridine rings is 1. The van der Waals surface area contributed by atoms with Crippen LogP contribution >= 0.6 is 0 Å². The van der Waals surface area contributed by atoms with Crippen LogP contribution in [0.15, 0.2) is 42.6 Å². The third kappa shape index (κ3) is 4.85. The van der Waals surface area contributed by atoms with Gasteiger partial charge >= 0.3 is 5.97 Å². The Morgan fingerprint density at radius 2 is 1.71 bits per heavy atom. The Kier molecular flexibility index (Phi) is 6.20. The van der Waals surface area contributed by atoms with E-state index in [1.165, 1.54) is 25.7 Å². The SMILES string of the molecule is CCCCCCCCC(=O)O[n+]1cccc2ccccc21. The number of rotatable bonds is 8. The van der Waals surface area contributed by atoms with Gasteiger partial charge in [-0.25, -0.2) is 4.79 Å². The van der Waals surface area contributed by atoms with E-state index in [1.54, 1.807) is 10.9 Å². The fraction of sp³-hybridized carbons (Fsp3) is 0.444. The zero-order valence-corrected chi connectivity index (χ0v) is 12.8. The summed E-state index contributed by atoms with van der Waals surface area (Å²) in [5.74, 6) is -0.160. The lowest BCUT2D eigenvalue weighted by Crippen LogP contribution is -2.46. The van der Waals surface area contributed by atoms with E-state index in [0.717, 1.165) is 23.7 Å². The Morgan fingerprint density at radius 1 is 1.00 bits per heavy atom. The first-order valence-electron chi connectivity index (χ1n) is 7.92. The van der Waals surface area contributed by atoms with Crippen molar-refractivity contribution >= 4 is 16.9 Å². The first kappa shape index (κ1) is 15.5. The molecule has 2 aromatic rings. The molecule has 0 radical (unpaired) electrons. The van der Waals surface area contributed by atoms with Crippen LogP contribution in [-0.2, 0) is 4.79 Å². The van der Waals surface area contributed by atoms with Crippen LogP contribution in [0.4, 0.5) is 0 Å². The highest BCUT2D eigenvalue weighted by molar-refractivity contribution is 5.75. The fourth-order valence-corrected chi connectivity index (χ4v) is 2.42. The first-order valence-corrected chi connectivity index (χ1v) is 7.92. The molecule has 3 heteroatoms. The fourth-order valence-electron chi connectivity index (χ4n) is 2.42. The minimum atomic E-state index is -0.160. The van der Waals surface area contributed by atoms with Crippen LogP contribution in [0.2, 0.25) is 0 Å². The molecule has 0 bridgehead atoms. The molecule has 0 saturated heterocycles. The second kappa shape index (κ2) is 8.40. The largest absolute Gasteiger partial charge is 0.380 e. The van der Waals surface area contributed by atoms with Crippen LogP contribution in [0.25, 0.3) is 10.9 Å². The van der Waals surface area contributed by atoms with E-state index in [1.807, 2.05) is 36.4 Å². The average molecular weight is 286 g/mol. The molecular weight excluding hydrogens is 262 g/mol. The molecule has 0 spiro atoms. The Labute approximate surface area is 126 Å². The molecule has 1 aromatic heterocycles. The molecule has 0 aliphatic heterocycles. The van der Waals surface area contributed by atoms with Gasteiger partial charge in [0.15, 0.2) is 0 Å². The Morgan fingerprint density at radius 3 is 2.57 bits per heavy atom. The summed E-state index contributed by atoms with van der Waals surface area (Å²) in [5.41, 5.74) is 0.913. The van der Waals surface area contributed by atoms with E-state index in [9.17, 15) is 4.79 Å². The minimum Gasteiger partial charge on any atom is -0.245 e. The number of aromatic nitrogens is 1. The van der Waals surface area contributed by atoms with Crippen LogP contribution < -0.4 is 9.57 Å². The van der Waals surface area contributed by atoms with Crippen LogP contribution in [0, 0.1) is 0 Å². The molecule has 0 unspecified atom stereocenters. The van der Waals surface area contributed by atoms with Gasteiger partial charge in [0.25, 0.3) is 5.52 Å². The van der Waals surface area contributed by atoms with Crippen molar-refractivity contribution in [3.05, 3.63) is 42.6 Å². The predicted molar refractivity (Wildman–Crippen MR) is 83.7 cm³/mol. The highest BCUT2D eigenvalue weighted by atomic mass is 16.7. The summed E-state index contributed by atoms with van der Waals surface area (Å²) in [7, 11) is 0. The molecule has 0 N–H and O–H groups in total. The molecule has 0 atom stereocenters. The molecule has 0 fully saturated rings. The van der Waals surface area contributed by atoms with Gasteiger partial charge in [0.1, 0.15) is 0 Å². The zero-order valence-electron chi connectivity index (χ0n) is 12.8. The van der Waals surface area contributed by atoms with E-state index in [2.05, 4.69) is 6.92 Å². The van der Waals surface area contributed by atoms with Gasteiger partial charge in [-0.3, -0.25) is 0 Å². The van der Waals surface area contributed by atoms with Crippen molar-refractivity contribution in [1.82, 2.24) is 0 Å². The second-order valence-corrected chi connectivity index (χ2v) is 5.37. The van der Waals surface area contributed by atoms with E-state index < -0.39 is 0 Å². The lowest BCUT2D eigenvalue weighted by atomic mass is 10.1. The summed E-state index contributed by atoms with van der Waals surface area (Å²) in [6.45, 7) is 2.21. The maximum Gasteiger partial charge on any atom is 0.380 e. The van der Waals surface area contributed by atoms with E-state index >= 15 is 0 Å². The maximum atomic E-state index is 11.9. The van der Waals surface area contributed by atoms with Crippen molar-refractivity contribution in [3.63, 3.8) is 0 Å². The van der Waals surface area contributed by atoms with Crippen molar-refractivity contribution < 1.29 is 14.4 Å². The summed E-state index contributed by atoms with van der Waals surface area (Å²) >= 11 is 0. The Bertz CT molecular complexity index is 575. The number of unbranched alkanes of at least 4 members (excludes halogenated alkanes) is 5. The number of nitrogens with zero attached hydrogens (tertiary/aromatic N) is 1. The lowest BCUT2D eigenvalue weighted by Gasteiger charge is -2.01. The van der Waals surface area contributed by atoms with Crippen molar-refractivity contribution in [3.8, 4) is 0 Å². The summed E-state index contributed by atoms with van der Waals surface area (Å²) in [5, 5.41) is 1.06. The summed E-state index contributed by atoms with van der Waals surface area (Å²) < 4.78 is 1.56. The van der Waals surface area contributed by atoms with Gasteiger partial charge in [-0.05, 0) is 18.6 Å². The third-order valence-corrected chi connectivity index (χ3v) is 3.61. The summed E-state index contributed by atoms with van der Waals surface area (Å²) in [4.78, 5) is 17.3. The average Bonchev–Trinajstić information content (AvgIpc) is 2.51. The molecule has 0 aliphatic rings. The van der Waals surface area contributed by atoms with Gasteiger partial charge in [0, 0.05) is 16.9 Å². The Hall–Kier alpha value is -1.90. The number of para-hydroxylation sites is 1. The maximum absolute atomic E-state index is 11.9. The molecule has 0 amide bonds. The minimum absolute atomic E-state index is 0.160. The zero-order chi connectivity index (χ0) is 14.9. The summed E-state index contributed by atoms with van der Waals surface area (Å²) in [6, 6.07) is 11.8. The number of fused-ring (bicyclic) bond motifs is 1. The van der Waals surface area contributed by atoms with Gasteiger partial charge in [-0.15, -0.1) is 0 Å². The molecule has 0 saturated carbocycles. The van der Waals surface area contributed by atoms with Crippen molar-refractivity contribution in [2.24, 2.45) is 0 Å². The van der Waals surface area contributed by atoms with Crippen molar-refractivity contribution in [2.75, 3.05) is 0 Å². The van der Waals surface area contributed by atoms with Crippen LogP contribution in [0.3, 0.4) is 0 Å².